The largest absolute Gasteiger partial charge is 0.483 e. The first-order chi connectivity index (χ1) is 16.2. The van der Waals surface area contributed by atoms with Crippen LogP contribution in [0.15, 0.2) is 48.8 Å². The maximum absolute atomic E-state index is 13.3. The molecule has 1 aromatic carbocycles. The van der Waals surface area contributed by atoms with Gasteiger partial charge in [-0.05, 0) is 29.8 Å². The van der Waals surface area contributed by atoms with Crippen molar-refractivity contribution in [3.05, 3.63) is 76.7 Å². The molecule has 0 aliphatic carbocycles. The summed E-state index contributed by atoms with van der Waals surface area (Å²) in [5, 5.41) is 16.6. The van der Waals surface area contributed by atoms with Gasteiger partial charge in [0.25, 0.3) is 12.4 Å². The molecule has 3 heterocycles. The summed E-state index contributed by atoms with van der Waals surface area (Å²) in [5.74, 6) is -0.301. The van der Waals surface area contributed by atoms with Gasteiger partial charge in [0, 0.05) is 43.0 Å². The smallest absolute Gasteiger partial charge is 0.416 e. The summed E-state index contributed by atoms with van der Waals surface area (Å²) in [6.45, 7) is 0.206. The van der Waals surface area contributed by atoms with E-state index in [0.717, 1.165) is 12.1 Å². The van der Waals surface area contributed by atoms with Gasteiger partial charge in [-0.3, -0.25) is 14.6 Å². The molecule has 0 saturated heterocycles. The SMILES string of the molecule is N#Cc1c(N)nc2c(c1-c1cccc(C(F)(F)F)c1)CN(C(=O)c1cccnc1)CC2.O=CO. The molecule has 0 fully saturated rings. The van der Waals surface area contributed by atoms with Crippen LogP contribution in [0.1, 0.15) is 32.7 Å². The fraction of sp³-hybridized carbons (Fsp3) is 0.174. The van der Waals surface area contributed by atoms with E-state index in [9.17, 15) is 23.2 Å². The van der Waals surface area contributed by atoms with Crippen molar-refractivity contribution in [2.24, 2.45) is 0 Å². The maximum atomic E-state index is 13.3. The van der Waals surface area contributed by atoms with E-state index in [0.29, 0.717) is 29.8 Å². The molecule has 0 radical (unpaired) electrons. The minimum absolute atomic E-state index is 0.00579. The Kier molecular flexibility index (Phi) is 7.11. The fourth-order valence-corrected chi connectivity index (χ4v) is 3.71. The lowest BCUT2D eigenvalue weighted by Crippen LogP contribution is -2.37. The van der Waals surface area contributed by atoms with Gasteiger partial charge in [0.05, 0.1) is 16.8 Å². The number of nitrogens with two attached hydrogens (primary N) is 1. The number of fused-ring (bicyclic) bond motifs is 1. The third kappa shape index (κ3) is 4.96. The molecular formula is C23H18F3N5O3. The minimum atomic E-state index is -4.54. The zero-order valence-electron chi connectivity index (χ0n) is 17.6. The minimum Gasteiger partial charge on any atom is -0.483 e. The Hall–Kier alpha value is -4.46. The topological polar surface area (TPSA) is 133 Å². The second-order valence-electron chi connectivity index (χ2n) is 7.19. The zero-order valence-corrected chi connectivity index (χ0v) is 17.6. The normalized spacial score (nSPS) is 12.6. The molecule has 0 atom stereocenters. The van der Waals surface area contributed by atoms with Crippen molar-refractivity contribution in [3.63, 3.8) is 0 Å². The van der Waals surface area contributed by atoms with Gasteiger partial charge >= 0.3 is 6.18 Å². The predicted molar refractivity (Wildman–Crippen MR) is 115 cm³/mol. The molecule has 0 spiro atoms. The highest BCUT2D eigenvalue weighted by molar-refractivity contribution is 5.94. The van der Waals surface area contributed by atoms with Gasteiger partial charge in [-0.1, -0.05) is 12.1 Å². The summed E-state index contributed by atoms with van der Waals surface area (Å²) in [5.41, 5.74) is 7.08. The third-order valence-electron chi connectivity index (χ3n) is 5.17. The Morgan fingerprint density at radius 3 is 2.62 bits per heavy atom. The van der Waals surface area contributed by atoms with Gasteiger partial charge in [0.2, 0.25) is 0 Å². The van der Waals surface area contributed by atoms with Crippen molar-refractivity contribution in [2.75, 3.05) is 12.3 Å². The molecule has 0 saturated carbocycles. The first-order valence-electron chi connectivity index (χ1n) is 9.87. The highest BCUT2D eigenvalue weighted by atomic mass is 19.4. The number of hydrogen-bond acceptors (Lipinski definition) is 6. The van der Waals surface area contributed by atoms with Crippen LogP contribution in [0.3, 0.4) is 0 Å². The van der Waals surface area contributed by atoms with Crippen LogP contribution >= 0.6 is 0 Å². The fourth-order valence-electron chi connectivity index (χ4n) is 3.71. The number of nitrogen functional groups attached to an aromatic ring is 1. The van der Waals surface area contributed by atoms with Gasteiger partial charge in [-0.15, -0.1) is 0 Å². The second-order valence-corrected chi connectivity index (χ2v) is 7.19. The molecule has 4 rings (SSSR count). The molecule has 3 N–H and O–H groups in total. The number of anilines is 1. The Bertz CT molecular complexity index is 1260. The molecule has 1 amide bonds. The number of nitrogens with zero attached hydrogens (tertiary/aromatic N) is 4. The van der Waals surface area contributed by atoms with Crippen LogP contribution in [0.25, 0.3) is 11.1 Å². The van der Waals surface area contributed by atoms with Crippen LogP contribution in [0.2, 0.25) is 0 Å². The van der Waals surface area contributed by atoms with E-state index in [-0.39, 0.29) is 41.4 Å². The van der Waals surface area contributed by atoms with Crippen LogP contribution in [-0.4, -0.2) is 38.9 Å². The summed E-state index contributed by atoms with van der Waals surface area (Å²) in [7, 11) is 0. The van der Waals surface area contributed by atoms with Gasteiger partial charge in [0.1, 0.15) is 17.5 Å². The standard InChI is InChI=1S/C22H16F3N5O.CH2O2/c23-22(24,25)15-5-1-3-13(9-15)19-16(10-26)20(27)29-18-6-8-30(12-17(18)19)21(31)14-4-2-7-28-11-14;2-1-3/h1-5,7,9,11H,6,8,12H2,(H2,27,29);1H,(H,2,3). The molecule has 174 valence electrons. The summed E-state index contributed by atoms with van der Waals surface area (Å²) >= 11 is 0. The van der Waals surface area contributed by atoms with Crippen LogP contribution in [0, 0.1) is 11.3 Å². The number of pyridine rings is 2. The number of amides is 1. The van der Waals surface area contributed by atoms with E-state index >= 15 is 0 Å². The van der Waals surface area contributed by atoms with Crippen LogP contribution < -0.4 is 5.73 Å². The van der Waals surface area contributed by atoms with Gasteiger partial charge < -0.3 is 15.7 Å². The molecule has 34 heavy (non-hydrogen) atoms. The number of carboxylic acid groups (broad SMARTS) is 1. The van der Waals surface area contributed by atoms with E-state index in [1.54, 1.807) is 23.2 Å². The molecular weight excluding hydrogens is 451 g/mol. The molecule has 2 aromatic heterocycles. The lowest BCUT2D eigenvalue weighted by atomic mass is 9.90. The Morgan fingerprint density at radius 1 is 1.26 bits per heavy atom. The highest BCUT2D eigenvalue weighted by Gasteiger charge is 2.32. The maximum Gasteiger partial charge on any atom is 0.416 e. The number of benzene rings is 1. The summed E-state index contributed by atoms with van der Waals surface area (Å²) in [6, 6.07) is 9.97. The van der Waals surface area contributed by atoms with Crippen molar-refractivity contribution in [2.45, 2.75) is 19.1 Å². The third-order valence-corrected chi connectivity index (χ3v) is 5.17. The Balaban J connectivity index is 0.00000103. The van der Waals surface area contributed by atoms with E-state index in [1.807, 2.05) is 6.07 Å². The highest BCUT2D eigenvalue weighted by Crippen LogP contribution is 2.38. The van der Waals surface area contributed by atoms with E-state index in [1.165, 1.54) is 18.3 Å². The Labute approximate surface area is 192 Å². The van der Waals surface area contributed by atoms with Crippen LogP contribution in [0.5, 0.6) is 0 Å². The Morgan fingerprint density at radius 2 is 2.00 bits per heavy atom. The zero-order chi connectivity index (χ0) is 24.9. The number of carbonyl (C=O) groups is 2. The lowest BCUT2D eigenvalue weighted by molar-refractivity contribution is -0.137. The van der Waals surface area contributed by atoms with Crippen molar-refractivity contribution >= 4 is 18.2 Å². The van der Waals surface area contributed by atoms with Crippen LogP contribution in [0.4, 0.5) is 19.0 Å². The van der Waals surface area contributed by atoms with Gasteiger partial charge in [0.15, 0.2) is 0 Å². The number of halogens is 3. The predicted octanol–water partition coefficient (Wildman–Crippen LogP) is 3.52. The average Bonchev–Trinajstić information content (AvgIpc) is 2.83. The van der Waals surface area contributed by atoms with Crippen molar-refractivity contribution in [1.82, 2.24) is 14.9 Å². The van der Waals surface area contributed by atoms with Gasteiger partial charge in [-0.2, -0.15) is 18.4 Å². The summed E-state index contributed by atoms with van der Waals surface area (Å²) in [4.78, 5) is 31.1. The van der Waals surface area contributed by atoms with Gasteiger partial charge in [-0.25, -0.2) is 4.98 Å². The molecule has 0 unspecified atom stereocenters. The first kappa shape index (κ1) is 24.2. The van der Waals surface area contributed by atoms with E-state index in [4.69, 9.17) is 15.6 Å². The molecule has 3 aromatic rings. The van der Waals surface area contributed by atoms with Crippen molar-refractivity contribution < 1.29 is 27.9 Å². The van der Waals surface area contributed by atoms with E-state index in [2.05, 4.69) is 9.97 Å². The monoisotopic (exact) mass is 469 g/mol. The van der Waals surface area contributed by atoms with Crippen molar-refractivity contribution in [3.8, 4) is 17.2 Å². The number of rotatable bonds is 2. The van der Waals surface area contributed by atoms with Crippen molar-refractivity contribution in [1.29, 1.82) is 5.26 Å². The van der Waals surface area contributed by atoms with Crippen LogP contribution in [-0.2, 0) is 23.9 Å². The number of hydrogen-bond donors (Lipinski definition) is 2. The molecule has 11 heteroatoms. The number of aromatic nitrogens is 2. The second kappa shape index (κ2) is 9.99. The first-order valence-corrected chi connectivity index (χ1v) is 9.87. The number of carbonyl (C=O) groups excluding carboxylic acids is 1. The number of nitriles is 1. The molecule has 8 nitrogen and oxygen atoms in total. The molecule has 0 bridgehead atoms. The molecule has 1 aliphatic heterocycles. The summed E-state index contributed by atoms with van der Waals surface area (Å²) < 4.78 is 39.8. The quantitative estimate of drug-likeness (QED) is 0.549. The van der Waals surface area contributed by atoms with E-state index < -0.39 is 11.7 Å². The average molecular weight is 469 g/mol. The lowest BCUT2D eigenvalue weighted by Gasteiger charge is -2.30. The molecule has 1 aliphatic rings. The number of alkyl halides is 3. The summed E-state index contributed by atoms with van der Waals surface area (Å²) in [6.07, 6.45) is -1.17.